The fourth-order valence-electron chi connectivity index (χ4n) is 5.69. The van der Waals surface area contributed by atoms with Crippen molar-refractivity contribution in [2.24, 2.45) is 5.92 Å². The Balaban J connectivity index is 4.20. The van der Waals surface area contributed by atoms with E-state index in [2.05, 4.69) is 27.7 Å². The fourth-order valence-corrected chi connectivity index (χ4v) is 5.69. The molecular formula is C36H70F2O2. The van der Waals surface area contributed by atoms with E-state index in [1.165, 1.54) is 109 Å². The first kappa shape index (κ1) is 39.3. The lowest BCUT2D eigenvalue weighted by molar-refractivity contribution is -0.179. The average Bonchev–Trinajstić information content (AvgIpc) is 2.93. The number of rotatable bonds is 31. The number of hydrogen-bond donors (Lipinski definition) is 0. The van der Waals surface area contributed by atoms with Crippen LogP contribution in [0.4, 0.5) is 8.78 Å². The molecule has 0 saturated heterocycles. The molecule has 0 aromatic rings. The molecular weight excluding hydrogens is 502 g/mol. The molecule has 0 amide bonds. The normalized spacial score (nSPS) is 12.8. The molecule has 0 saturated carbocycles. The third-order valence-corrected chi connectivity index (χ3v) is 8.57. The van der Waals surface area contributed by atoms with Gasteiger partial charge in [0.1, 0.15) is 6.10 Å². The van der Waals surface area contributed by atoms with E-state index >= 15 is 0 Å². The van der Waals surface area contributed by atoms with Crippen molar-refractivity contribution in [3.63, 3.8) is 0 Å². The first-order valence-corrected chi connectivity index (χ1v) is 18.0. The van der Waals surface area contributed by atoms with Crippen LogP contribution in [-0.2, 0) is 9.53 Å². The van der Waals surface area contributed by atoms with E-state index in [1.54, 1.807) is 0 Å². The lowest BCUT2D eigenvalue weighted by Crippen LogP contribution is -2.34. The Morgan fingerprint density at radius 2 is 0.850 bits per heavy atom. The maximum atomic E-state index is 14.7. The van der Waals surface area contributed by atoms with Gasteiger partial charge in [-0.25, -0.2) is 4.79 Å². The first-order chi connectivity index (χ1) is 19.4. The number of alkyl halides is 2. The molecule has 0 unspecified atom stereocenters. The number of carbonyl (C=O) groups is 1. The van der Waals surface area contributed by atoms with E-state index in [0.29, 0.717) is 6.42 Å². The standard InChI is InChI=1S/C36H70F2O2/c1-5-8-11-14-17-18-23-28-33(4)29-24-21-22-27-32-36(37,38)35(39)40-34(30-25-19-15-12-9-6-2)31-26-20-16-13-10-7-3/h33-34H,5-32H2,1-4H3/t33-/m1/s1. The number of halogens is 2. The quantitative estimate of drug-likeness (QED) is 0.0610. The molecule has 2 nitrogen and oxygen atoms in total. The van der Waals surface area contributed by atoms with E-state index in [1.807, 2.05) is 0 Å². The van der Waals surface area contributed by atoms with Crippen LogP contribution in [0.5, 0.6) is 0 Å². The monoisotopic (exact) mass is 573 g/mol. The Hall–Kier alpha value is -0.670. The molecule has 1 atom stereocenters. The van der Waals surface area contributed by atoms with Gasteiger partial charge in [-0.1, -0.05) is 169 Å². The highest BCUT2D eigenvalue weighted by Gasteiger charge is 2.41. The number of ether oxygens (including phenoxy) is 1. The molecule has 0 fully saturated rings. The molecule has 0 heterocycles. The molecule has 0 N–H and O–H groups in total. The third-order valence-electron chi connectivity index (χ3n) is 8.57. The van der Waals surface area contributed by atoms with Crippen molar-refractivity contribution in [1.82, 2.24) is 0 Å². The van der Waals surface area contributed by atoms with E-state index in [0.717, 1.165) is 63.7 Å². The van der Waals surface area contributed by atoms with Crippen molar-refractivity contribution in [1.29, 1.82) is 0 Å². The molecule has 0 bridgehead atoms. The van der Waals surface area contributed by atoms with E-state index < -0.39 is 11.9 Å². The van der Waals surface area contributed by atoms with Crippen LogP contribution in [0.2, 0.25) is 0 Å². The van der Waals surface area contributed by atoms with E-state index in [-0.39, 0.29) is 12.5 Å². The smallest absolute Gasteiger partial charge is 0.377 e. The fraction of sp³-hybridized carbons (Fsp3) is 0.972. The molecule has 0 aliphatic rings. The second-order valence-corrected chi connectivity index (χ2v) is 12.8. The first-order valence-electron chi connectivity index (χ1n) is 18.0. The summed E-state index contributed by atoms with van der Waals surface area (Å²) < 4.78 is 34.8. The highest BCUT2D eigenvalue weighted by Crippen LogP contribution is 2.27. The van der Waals surface area contributed by atoms with Crippen LogP contribution in [0.15, 0.2) is 0 Å². The summed E-state index contributed by atoms with van der Waals surface area (Å²) in [5, 5.41) is 0. The summed E-state index contributed by atoms with van der Waals surface area (Å²) >= 11 is 0. The van der Waals surface area contributed by atoms with Crippen molar-refractivity contribution in [3.05, 3.63) is 0 Å². The zero-order chi connectivity index (χ0) is 29.7. The van der Waals surface area contributed by atoms with Crippen molar-refractivity contribution in [2.45, 2.75) is 220 Å². The van der Waals surface area contributed by atoms with Crippen LogP contribution in [0.25, 0.3) is 0 Å². The van der Waals surface area contributed by atoms with Gasteiger partial charge in [-0.05, 0) is 38.0 Å². The summed E-state index contributed by atoms with van der Waals surface area (Å²) in [5.41, 5.74) is 0. The molecule has 0 aromatic heterocycles. The van der Waals surface area contributed by atoms with Crippen LogP contribution >= 0.6 is 0 Å². The zero-order valence-electron chi connectivity index (χ0n) is 27.5. The Kier molecular flexibility index (Phi) is 28.0. The van der Waals surface area contributed by atoms with Crippen molar-refractivity contribution >= 4 is 5.97 Å². The molecule has 0 radical (unpaired) electrons. The van der Waals surface area contributed by atoms with Gasteiger partial charge in [0.05, 0.1) is 0 Å². The van der Waals surface area contributed by atoms with Gasteiger partial charge in [0.2, 0.25) is 0 Å². The Bertz CT molecular complexity index is 521. The van der Waals surface area contributed by atoms with Gasteiger partial charge in [0.25, 0.3) is 0 Å². The molecule has 240 valence electrons. The van der Waals surface area contributed by atoms with Crippen molar-refractivity contribution < 1.29 is 18.3 Å². The van der Waals surface area contributed by atoms with Crippen LogP contribution in [0, 0.1) is 5.92 Å². The third kappa shape index (κ3) is 25.1. The largest absolute Gasteiger partial charge is 0.458 e. The topological polar surface area (TPSA) is 26.3 Å². The Morgan fingerprint density at radius 1 is 0.525 bits per heavy atom. The summed E-state index contributed by atoms with van der Waals surface area (Å²) in [6, 6.07) is 0. The molecule has 4 heteroatoms. The van der Waals surface area contributed by atoms with Gasteiger partial charge in [0.15, 0.2) is 0 Å². The Morgan fingerprint density at radius 3 is 1.25 bits per heavy atom. The van der Waals surface area contributed by atoms with Crippen LogP contribution < -0.4 is 0 Å². The van der Waals surface area contributed by atoms with Crippen LogP contribution in [-0.4, -0.2) is 18.0 Å². The molecule has 0 aromatic carbocycles. The van der Waals surface area contributed by atoms with Crippen molar-refractivity contribution in [3.8, 4) is 0 Å². The zero-order valence-corrected chi connectivity index (χ0v) is 27.5. The van der Waals surface area contributed by atoms with E-state index in [9.17, 15) is 13.6 Å². The Labute approximate surface area is 249 Å². The number of esters is 1. The van der Waals surface area contributed by atoms with Gasteiger partial charge in [-0.2, -0.15) is 8.78 Å². The maximum absolute atomic E-state index is 14.7. The summed E-state index contributed by atoms with van der Waals surface area (Å²) in [7, 11) is 0. The van der Waals surface area contributed by atoms with Gasteiger partial charge in [-0.15, -0.1) is 0 Å². The van der Waals surface area contributed by atoms with Crippen LogP contribution in [0.3, 0.4) is 0 Å². The summed E-state index contributed by atoms with van der Waals surface area (Å²) in [6.45, 7) is 8.99. The molecule has 40 heavy (non-hydrogen) atoms. The highest BCUT2D eigenvalue weighted by molar-refractivity contribution is 5.77. The summed E-state index contributed by atoms with van der Waals surface area (Å²) in [4.78, 5) is 12.5. The van der Waals surface area contributed by atoms with Crippen molar-refractivity contribution in [2.75, 3.05) is 0 Å². The molecule has 0 rings (SSSR count). The van der Waals surface area contributed by atoms with Gasteiger partial charge >= 0.3 is 11.9 Å². The minimum Gasteiger partial charge on any atom is -0.458 e. The minimum atomic E-state index is -3.36. The average molecular weight is 573 g/mol. The maximum Gasteiger partial charge on any atom is 0.377 e. The highest BCUT2D eigenvalue weighted by atomic mass is 19.3. The lowest BCUT2D eigenvalue weighted by atomic mass is 9.95. The van der Waals surface area contributed by atoms with Crippen LogP contribution in [0.1, 0.15) is 207 Å². The second kappa shape index (κ2) is 28.4. The summed E-state index contributed by atoms with van der Waals surface area (Å²) in [6.07, 6.45) is 29.7. The van der Waals surface area contributed by atoms with Gasteiger partial charge in [0, 0.05) is 6.42 Å². The molecule has 0 aliphatic carbocycles. The summed E-state index contributed by atoms with van der Waals surface area (Å²) in [5.74, 6) is -3.91. The number of unbranched alkanes of at least 4 members (excludes halogenated alkanes) is 19. The second-order valence-electron chi connectivity index (χ2n) is 12.8. The SMILES string of the molecule is CCCCCCCCC[C@@H](C)CCCCCCC(F)(F)C(=O)OC(CCCCCCCC)CCCCCCCC. The van der Waals surface area contributed by atoms with E-state index in [4.69, 9.17) is 4.74 Å². The predicted molar refractivity (Wildman–Crippen MR) is 170 cm³/mol. The molecule has 0 aliphatic heterocycles. The lowest BCUT2D eigenvalue weighted by Gasteiger charge is -2.22. The molecule has 0 spiro atoms. The van der Waals surface area contributed by atoms with Gasteiger partial charge in [-0.3, -0.25) is 0 Å². The minimum absolute atomic E-state index is 0.353. The predicted octanol–water partition coefficient (Wildman–Crippen LogP) is 13.2. The number of carbonyl (C=O) groups excluding carboxylic acids is 1. The van der Waals surface area contributed by atoms with Gasteiger partial charge < -0.3 is 4.74 Å². The number of hydrogen-bond acceptors (Lipinski definition) is 2.